The normalized spacial score (nSPS) is 16.3. The number of hydrogen-bond donors (Lipinski definition) is 3. The van der Waals surface area contributed by atoms with Crippen molar-refractivity contribution < 1.29 is 4.79 Å². The number of imidazole rings is 1. The monoisotopic (exact) mass is 335 g/mol. The van der Waals surface area contributed by atoms with Crippen LogP contribution in [0.15, 0.2) is 42.5 Å². The lowest BCUT2D eigenvalue weighted by Gasteiger charge is -2.11. The smallest absolute Gasteiger partial charge is 0.239 e. The highest BCUT2D eigenvalue weighted by Crippen LogP contribution is 2.36. The first-order valence-corrected chi connectivity index (χ1v) is 8.40. The molecule has 1 unspecified atom stereocenters. The number of H-pyrrole nitrogens is 1. The summed E-state index contributed by atoms with van der Waals surface area (Å²) in [5, 5.41) is 6.33. The van der Waals surface area contributed by atoms with Crippen LogP contribution >= 0.6 is 0 Å². The summed E-state index contributed by atoms with van der Waals surface area (Å²) in [4.78, 5) is 22.5. The minimum Gasteiger partial charge on any atom is -0.384 e. The Morgan fingerprint density at radius 1 is 1.20 bits per heavy atom. The van der Waals surface area contributed by atoms with Crippen molar-refractivity contribution in [3.8, 4) is 0 Å². The molecule has 1 aromatic heterocycles. The number of likely N-dealkylation sites (N-methyl/N-ethyl adjacent to an activating group) is 1. The standard InChI is InChI=1S/C19H21N5O/c1-24(2)10-9-20-12-7-8-15-16(11-12)22-18(21-15)17-13-5-3-4-6-14(13)23-19(17)25/h3-8,11,17,20H,9-10H2,1-2H3,(H,21,22)(H,23,25). The Hall–Kier alpha value is -2.86. The van der Waals surface area contributed by atoms with Gasteiger partial charge >= 0.3 is 0 Å². The molecule has 0 saturated carbocycles. The summed E-state index contributed by atoms with van der Waals surface area (Å²) in [6.07, 6.45) is 0. The number of carbonyl (C=O) groups excluding carboxylic acids is 1. The van der Waals surface area contributed by atoms with E-state index in [2.05, 4.69) is 39.6 Å². The number of benzene rings is 2. The number of nitrogens with one attached hydrogen (secondary N) is 3. The quantitative estimate of drug-likeness (QED) is 0.670. The summed E-state index contributed by atoms with van der Waals surface area (Å²) in [5.74, 6) is 0.265. The lowest BCUT2D eigenvalue weighted by Crippen LogP contribution is -2.20. The molecule has 25 heavy (non-hydrogen) atoms. The highest BCUT2D eigenvalue weighted by molar-refractivity contribution is 6.04. The molecule has 4 rings (SSSR count). The number of aromatic nitrogens is 2. The van der Waals surface area contributed by atoms with Gasteiger partial charge < -0.3 is 20.5 Å². The minimum atomic E-state index is -0.381. The van der Waals surface area contributed by atoms with Gasteiger partial charge in [0.2, 0.25) is 5.91 Å². The Balaban J connectivity index is 1.62. The summed E-state index contributed by atoms with van der Waals surface area (Å²) < 4.78 is 0. The molecule has 0 radical (unpaired) electrons. The van der Waals surface area contributed by atoms with Crippen LogP contribution in [-0.2, 0) is 4.79 Å². The SMILES string of the molecule is CN(C)CCNc1ccc2nc(C3C(=O)Nc4ccccc43)[nH]c2c1. The van der Waals surface area contributed by atoms with Gasteiger partial charge in [-0.25, -0.2) is 4.98 Å². The van der Waals surface area contributed by atoms with Crippen LogP contribution in [0.5, 0.6) is 0 Å². The number of para-hydroxylation sites is 1. The Morgan fingerprint density at radius 3 is 2.88 bits per heavy atom. The van der Waals surface area contributed by atoms with E-state index in [1.54, 1.807) is 0 Å². The maximum Gasteiger partial charge on any atom is 0.239 e. The Labute approximate surface area is 146 Å². The summed E-state index contributed by atoms with van der Waals surface area (Å²) >= 11 is 0. The van der Waals surface area contributed by atoms with Crippen molar-refractivity contribution in [2.24, 2.45) is 0 Å². The van der Waals surface area contributed by atoms with Crippen LogP contribution < -0.4 is 10.6 Å². The highest BCUT2D eigenvalue weighted by Gasteiger charge is 2.33. The molecule has 0 saturated heterocycles. The molecule has 128 valence electrons. The predicted octanol–water partition coefficient (Wildman–Crippen LogP) is 2.62. The summed E-state index contributed by atoms with van der Waals surface area (Å²) in [5.41, 5.74) is 4.67. The maximum absolute atomic E-state index is 12.4. The number of rotatable bonds is 5. The van der Waals surface area contributed by atoms with Gasteiger partial charge in [-0.15, -0.1) is 0 Å². The molecule has 0 spiro atoms. The van der Waals surface area contributed by atoms with Gasteiger partial charge in [-0.05, 0) is 43.9 Å². The van der Waals surface area contributed by atoms with Crippen LogP contribution in [0.2, 0.25) is 0 Å². The Bertz CT molecular complexity index is 930. The number of carbonyl (C=O) groups is 1. The molecule has 6 heteroatoms. The molecule has 0 aliphatic carbocycles. The van der Waals surface area contributed by atoms with E-state index in [0.717, 1.165) is 41.1 Å². The van der Waals surface area contributed by atoms with Crippen molar-refractivity contribution in [2.75, 3.05) is 37.8 Å². The topological polar surface area (TPSA) is 73.1 Å². The van der Waals surface area contributed by atoms with E-state index in [4.69, 9.17) is 0 Å². The zero-order valence-electron chi connectivity index (χ0n) is 14.3. The second kappa shape index (κ2) is 6.22. The van der Waals surface area contributed by atoms with E-state index in [1.807, 2.05) is 42.5 Å². The van der Waals surface area contributed by atoms with Gasteiger partial charge in [-0.2, -0.15) is 0 Å². The zero-order chi connectivity index (χ0) is 17.4. The number of nitrogens with zero attached hydrogens (tertiary/aromatic N) is 2. The van der Waals surface area contributed by atoms with Crippen molar-refractivity contribution in [2.45, 2.75) is 5.92 Å². The van der Waals surface area contributed by atoms with Gasteiger partial charge in [0.25, 0.3) is 0 Å². The molecule has 3 N–H and O–H groups in total. The molecule has 6 nitrogen and oxygen atoms in total. The summed E-state index contributed by atoms with van der Waals surface area (Å²) in [7, 11) is 4.10. The first kappa shape index (κ1) is 15.7. The lowest BCUT2D eigenvalue weighted by atomic mass is 10.0. The molecule has 1 atom stereocenters. The molecule has 1 aliphatic heterocycles. The molecule has 3 aromatic rings. The van der Waals surface area contributed by atoms with Gasteiger partial charge in [0, 0.05) is 24.5 Å². The third-order valence-electron chi connectivity index (χ3n) is 4.45. The van der Waals surface area contributed by atoms with E-state index >= 15 is 0 Å². The van der Waals surface area contributed by atoms with E-state index in [9.17, 15) is 4.79 Å². The fraction of sp³-hybridized carbons (Fsp3) is 0.263. The van der Waals surface area contributed by atoms with E-state index < -0.39 is 0 Å². The average molecular weight is 335 g/mol. The van der Waals surface area contributed by atoms with Gasteiger partial charge in [0.05, 0.1) is 11.0 Å². The van der Waals surface area contributed by atoms with Crippen molar-refractivity contribution in [1.29, 1.82) is 0 Å². The number of aromatic amines is 1. The highest BCUT2D eigenvalue weighted by atomic mass is 16.2. The number of anilines is 2. The van der Waals surface area contributed by atoms with Crippen molar-refractivity contribution >= 4 is 28.3 Å². The molecule has 2 aromatic carbocycles. The van der Waals surface area contributed by atoms with Crippen LogP contribution in [0.3, 0.4) is 0 Å². The van der Waals surface area contributed by atoms with Crippen molar-refractivity contribution in [3.63, 3.8) is 0 Å². The molecular formula is C19H21N5O. The molecule has 1 aliphatic rings. The largest absolute Gasteiger partial charge is 0.384 e. The molecular weight excluding hydrogens is 314 g/mol. The third-order valence-corrected chi connectivity index (χ3v) is 4.45. The van der Waals surface area contributed by atoms with E-state index in [-0.39, 0.29) is 11.8 Å². The summed E-state index contributed by atoms with van der Waals surface area (Å²) in [6, 6.07) is 13.8. The van der Waals surface area contributed by atoms with E-state index in [0.29, 0.717) is 5.82 Å². The first-order valence-electron chi connectivity index (χ1n) is 8.40. The molecule has 0 bridgehead atoms. The van der Waals surface area contributed by atoms with Crippen molar-refractivity contribution in [3.05, 3.63) is 53.9 Å². The predicted molar refractivity (Wildman–Crippen MR) is 100 cm³/mol. The van der Waals surface area contributed by atoms with Crippen LogP contribution in [0.1, 0.15) is 17.3 Å². The minimum absolute atomic E-state index is 0.0374. The summed E-state index contributed by atoms with van der Waals surface area (Å²) in [6.45, 7) is 1.84. The second-order valence-electron chi connectivity index (χ2n) is 6.59. The number of hydrogen-bond acceptors (Lipinski definition) is 4. The molecule has 0 fully saturated rings. The Morgan fingerprint density at radius 2 is 2.04 bits per heavy atom. The maximum atomic E-state index is 12.4. The van der Waals surface area contributed by atoms with E-state index in [1.165, 1.54) is 0 Å². The van der Waals surface area contributed by atoms with Gasteiger partial charge in [-0.1, -0.05) is 18.2 Å². The fourth-order valence-corrected chi connectivity index (χ4v) is 3.18. The number of amides is 1. The number of fused-ring (bicyclic) bond motifs is 2. The molecule has 2 heterocycles. The molecule has 1 amide bonds. The van der Waals surface area contributed by atoms with Crippen molar-refractivity contribution in [1.82, 2.24) is 14.9 Å². The van der Waals surface area contributed by atoms with Crippen LogP contribution in [0.25, 0.3) is 11.0 Å². The lowest BCUT2D eigenvalue weighted by molar-refractivity contribution is -0.116. The van der Waals surface area contributed by atoms with Crippen LogP contribution in [0, 0.1) is 0 Å². The van der Waals surface area contributed by atoms with Gasteiger partial charge in [0.15, 0.2) is 0 Å². The fourth-order valence-electron chi connectivity index (χ4n) is 3.18. The average Bonchev–Trinajstić information content (AvgIpc) is 3.13. The van der Waals surface area contributed by atoms with Crippen LogP contribution in [-0.4, -0.2) is 48.0 Å². The first-order chi connectivity index (χ1) is 12.1. The zero-order valence-corrected chi connectivity index (χ0v) is 14.3. The second-order valence-corrected chi connectivity index (χ2v) is 6.59. The van der Waals surface area contributed by atoms with Gasteiger partial charge in [-0.3, -0.25) is 4.79 Å². The Kier molecular flexibility index (Phi) is 3.89. The van der Waals surface area contributed by atoms with Gasteiger partial charge in [0.1, 0.15) is 11.7 Å². The third kappa shape index (κ3) is 2.96. The van der Waals surface area contributed by atoms with Crippen LogP contribution in [0.4, 0.5) is 11.4 Å².